The molecule has 1 atom stereocenters. The molecule has 1 fully saturated rings. The number of methoxy groups -OCH3 is 2. The van der Waals surface area contributed by atoms with Crippen molar-refractivity contribution < 1.29 is 24.1 Å². The fourth-order valence-electron chi connectivity index (χ4n) is 3.02. The molecule has 1 N–H and O–H groups in total. The molecule has 1 aliphatic rings. The topological polar surface area (TPSA) is 57.2 Å². The van der Waals surface area contributed by atoms with Crippen molar-refractivity contribution >= 4 is 0 Å². The minimum atomic E-state index is -0.00946. The fraction of sp³-hybridized carbons (Fsp3) is 0.684. The van der Waals surface area contributed by atoms with E-state index in [1.165, 1.54) is 12.0 Å². The second-order valence-electron chi connectivity index (χ2n) is 6.07. The molecule has 0 aromatic heterocycles. The molecule has 1 unspecified atom stereocenters. The summed E-state index contributed by atoms with van der Waals surface area (Å²) in [6.45, 7) is 1.68. The van der Waals surface area contributed by atoms with Crippen LogP contribution in [0.5, 0.6) is 11.5 Å². The third-order valence-corrected chi connectivity index (χ3v) is 4.37. The van der Waals surface area contributed by atoms with Crippen LogP contribution in [-0.2, 0) is 22.3 Å². The quantitative estimate of drug-likeness (QED) is 0.664. The van der Waals surface area contributed by atoms with Crippen LogP contribution in [0, 0.1) is 0 Å². The lowest BCUT2D eigenvalue weighted by Crippen LogP contribution is -2.22. The minimum Gasteiger partial charge on any atom is -0.493 e. The molecule has 1 heterocycles. The van der Waals surface area contributed by atoms with Gasteiger partial charge in [0.2, 0.25) is 0 Å². The van der Waals surface area contributed by atoms with E-state index in [0.29, 0.717) is 12.2 Å². The molecule has 0 saturated carbocycles. The number of unbranched alkanes of at least 4 members (excludes halogenated alkanes) is 1. The van der Waals surface area contributed by atoms with Crippen molar-refractivity contribution in [3.05, 3.63) is 23.3 Å². The molecule has 1 aliphatic heterocycles. The summed E-state index contributed by atoms with van der Waals surface area (Å²) in [7, 11) is 3.27. The van der Waals surface area contributed by atoms with E-state index in [-0.39, 0.29) is 12.9 Å². The van der Waals surface area contributed by atoms with Crippen LogP contribution in [0.3, 0.4) is 0 Å². The van der Waals surface area contributed by atoms with E-state index < -0.39 is 0 Å². The molecular formula is C19H30O5. The van der Waals surface area contributed by atoms with Gasteiger partial charge in [-0.15, -0.1) is 0 Å². The van der Waals surface area contributed by atoms with Crippen LogP contribution in [0.15, 0.2) is 12.1 Å². The third kappa shape index (κ3) is 5.65. The molecule has 1 saturated heterocycles. The molecule has 0 bridgehead atoms. The maximum Gasteiger partial charge on any atom is 0.161 e. The summed E-state index contributed by atoms with van der Waals surface area (Å²) in [4.78, 5) is 0. The molecular weight excluding hydrogens is 308 g/mol. The highest BCUT2D eigenvalue weighted by Gasteiger charge is 2.14. The van der Waals surface area contributed by atoms with Crippen molar-refractivity contribution in [2.75, 3.05) is 34.0 Å². The molecule has 0 aliphatic carbocycles. The lowest BCUT2D eigenvalue weighted by Gasteiger charge is -2.22. The van der Waals surface area contributed by atoms with E-state index in [1.807, 2.05) is 12.1 Å². The van der Waals surface area contributed by atoms with Crippen LogP contribution in [0.2, 0.25) is 0 Å². The van der Waals surface area contributed by atoms with Crippen LogP contribution >= 0.6 is 0 Å². The normalized spacial score (nSPS) is 17.7. The number of aliphatic hydroxyl groups excluding tert-OH is 1. The molecule has 1 aromatic rings. The first-order valence-corrected chi connectivity index (χ1v) is 8.86. The molecule has 1 aromatic carbocycles. The van der Waals surface area contributed by atoms with Crippen molar-refractivity contribution in [2.24, 2.45) is 0 Å². The van der Waals surface area contributed by atoms with Crippen LogP contribution in [0.1, 0.15) is 43.2 Å². The molecule has 0 amide bonds. The Morgan fingerprint density at radius 2 is 1.75 bits per heavy atom. The van der Waals surface area contributed by atoms with E-state index in [1.54, 1.807) is 14.2 Å². The van der Waals surface area contributed by atoms with Crippen LogP contribution in [0.25, 0.3) is 0 Å². The molecule has 0 radical (unpaired) electrons. The van der Waals surface area contributed by atoms with Gasteiger partial charge in [-0.05, 0) is 68.2 Å². The number of hydrogen-bond donors (Lipinski definition) is 1. The van der Waals surface area contributed by atoms with Crippen LogP contribution in [-0.4, -0.2) is 45.4 Å². The maximum atomic E-state index is 9.28. The SMILES string of the molecule is COc1cc(CCO)c(CCCCOC2CCCCO2)cc1OC. The molecule has 5 heteroatoms. The Kier molecular flexibility index (Phi) is 8.36. The van der Waals surface area contributed by atoms with Crippen molar-refractivity contribution in [1.82, 2.24) is 0 Å². The van der Waals surface area contributed by atoms with Gasteiger partial charge in [-0.2, -0.15) is 0 Å². The Morgan fingerprint density at radius 3 is 2.33 bits per heavy atom. The first-order valence-electron chi connectivity index (χ1n) is 8.86. The van der Waals surface area contributed by atoms with Crippen molar-refractivity contribution in [2.45, 2.75) is 51.2 Å². The van der Waals surface area contributed by atoms with Crippen molar-refractivity contribution in [3.8, 4) is 11.5 Å². The van der Waals surface area contributed by atoms with Gasteiger partial charge in [0.25, 0.3) is 0 Å². The highest BCUT2D eigenvalue weighted by molar-refractivity contribution is 5.47. The summed E-state index contributed by atoms with van der Waals surface area (Å²) in [6, 6.07) is 3.99. The average molecular weight is 338 g/mol. The van der Waals surface area contributed by atoms with Gasteiger partial charge in [-0.3, -0.25) is 0 Å². The van der Waals surface area contributed by atoms with Gasteiger partial charge >= 0.3 is 0 Å². The Labute approximate surface area is 144 Å². The highest BCUT2D eigenvalue weighted by Crippen LogP contribution is 2.31. The van der Waals surface area contributed by atoms with Crippen molar-refractivity contribution in [1.29, 1.82) is 0 Å². The van der Waals surface area contributed by atoms with Crippen LogP contribution in [0.4, 0.5) is 0 Å². The van der Waals surface area contributed by atoms with E-state index >= 15 is 0 Å². The van der Waals surface area contributed by atoms with Gasteiger partial charge in [-0.25, -0.2) is 0 Å². The maximum absolute atomic E-state index is 9.28. The van der Waals surface area contributed by atoms with E-state index in [2.05, 4.69) is 0 Å². The van der Waals surface area contributed by atoms with E-state index in [9.17, 15) is 5.11 Å². The summed E-state index contributed by atoms with van der Waals surface area (Å²) in [6.07, 6.45) is 6.93. The number of aliphatic hydroxyl groups is 1. The zero-order chi connectivity index (χ0) is 17.2. The lowest BCUT2D eigenvalue weighted by atomic mass is 9.99. The van der Waals surface area contributed by atoms with Crippen molar-refractivity contribution in [3.63, 3.8) is 0 Å². The molecule has 0 spiro atoms. The summed E-state index contributed by atoms with van der Waals surface area (Å²) >= 11 is 0. The Balaban J connectivity index is 1.83. The second-order valence-corrected chi connectivity index (χ2v) is 6.07. The predicted molar refractivity (Wildman–Crippen MR) is 92.8 cm³/mol. The summed E-state index contributed by atoms with van der Waals surface area (Å²) < 4.78 is 22.1. The van der Waals surface area contributed by atoms with Gasteiger partial charge in [0.1, 0.15) is 0 Å². The number of hydrogen-bond acceptors (Lipinski definition) is 5. The van der Waals surface area contributed by atoms with Gasteiger partial charge < -0.3 is 24.1 Å². The number of rotatable bonds is 10. The van der Waals surface area contributed by atoms with Gasteiger partial charge in [-0.1, -0.05) is 0 Å². The highest BCUT2D eigenvalue weighted by atomic mass is 16.7. The standard InChI is InChI=1S/C19H30O5/c1-21-17-13-15(16(9-10-20)14-18(17)22-2)7-3-5-11-23-19-8-4-6-12-24-19/h13-14,19-20H,3-12H2,1-2H3. The zero-order valence-corrected chi connectivity index (χ0v) is 14.9. The monoisotopic (exact) mass is 338 g/mol. The molecule has 2 rings (SSSR count). The second kappa shape index (κ2) is 10.5. The third-order valence-electron chi connectivity index (χ3n) is 4.37. The summed E-state index contributed by atoms with van der Waals surface area (Å²) in [5, 5.41) is 9.28. The first-order chi connectivity index (χ1) is 11.8. The zero-order valence-electron chi connectivity index (χ0n) is 14.9. The Hall–Kier alpha value is -1.30. The Morgan fingerprint density at radius 1 is 1.04 bits per heavy atom. The Bertz CT molecular complexity index is 483. The lowest BCUT2D eigenvalue weighted by molar-refractivity contribution is -0.162. The molecule has 5 nitrogen and oxygen atoms in total. The minimum absolute atomic E-state index is 0.00946. The number of ether oxygens (including phenoxy) is 4. The molecule has 136 valence electrons. The van der Waals surface area contributed by atoms with Crippen LogP contribution < -0.4 is 9.47 Å². The number of benzene rings is 1. The first kappa shape index (κ1) is 19.0. The van der Waals surface area contributed by atoms with E-state index in [4.69, 9.17) is 18.9 Å². The number of aryl methyl sites for hydroxylation is 1. The fourth-order valence-corrected chi connectivity index (χ4v) is 3.02. The smallest absolute Gasteiger partial charge is 0.161 e. The predicted octanol–water partition coefficient (Wildman–Crippen LogP) is 3.10. The average Bonchev–Trinajstić information content (AvgIpc) is 2.63. The molecule has 24 heavy (non-hydrogen) atoms. The van der Waals surface area contributed by atoms with Gasteiger partial charge in [0, 0.05) is 19.8 Å². The summed E-state index contributed by atoms with van der Waals surface area (Å²) in [5.74, 6) is 1.45. The summed E-state index contributed by atoms with van der Waals surface area (Å²) in [5.41, 5.74) is 2.32. The van der Waals surface area contributed by atoms with Gasteiger partial charge in [0.05, 0.1) is 14.2 Å². The largest absolute Gasteiger partial charge is 0.493 e. The van der Waals surface area contributed by atoms with Gasteiger partial charge in [0.15, 0.2) is 17.8 Å². The van der Waals surface area contributed by atoms with E-state index in [0.717, 1.165) is 56.6 Å².